The lowest BCUT2D eigenvalue weighted by molar-refractivity contribution is -0.120. The van der Waals surface area contributed by atoms with E-state index in [2.05, 4.69) is 0 Å². The predicted octanol–water partition coefficient (Wildman–Crippen LogP) is 0.464. The molecular weight excluding hydrogens is 236 g/mol. The Hall–Kier alpha value is -1.56. The molecule has 0 unspecified atom stereocenters. The molecule has 0 aliphatic heterocycles. The smallest absolute Gasteiger partial charge is 0.231 e. The number of aliphatic hydroxyl groups is 1. The van der Waals surface area contributed by atoms with Crippen molar-refractivity contribution in [3.05, 3.63) is 35.9 Å². The van der Waals surface area contributed by atoms with E-state index in [0.29, 0.717) is 5.56 Å². The second-order valence-electron chi connectivity index (χ2n) is 3.51. The van der Waals surface area contributed by atoms with Crippen LogP contribution in [0, 0.1) is 0 Å². The Morgan fingerprint density at radius 2 is 1.67 bits per heavy atom. The summed E-state index contributed by atoms with van der Waals surface area (Å²) in [6.45, 7) is 0.434. The van der Waals surface area contributed by atoms with Gasteiger partial charge in [0.1, 0.15) is 6.61 Å². The Morgan fingerprint density at radius 1 is 1.00 bits per heavy atom. The molecule has 0 atom stereocenters. The van der Waals surface area contributed by atoms with Gasteiger partial charge in [-0.05, 0) is 0 Å². The number of rotatable bonds is 9. The first-order valence-corrected chi connectivity index (χ1v) is 5.64. The van der Waals surface area contributed by atoms with E-state index in [1.807, 2.05) is 0 Å². The van der Waals surface area contributed by atoms with Crippen molar-refractivity contribution in [1.29, 1.82) is 0 Å². The predicted molar refractivity (Wildman–Crippen MR) is 64.5 cm³/mol. The molecular formula is C13H16O5. The van der Waals surface area contributed by atoms with E-state index in [0.717, 1.165) is 0 Å². The Kier molecular flexibility index (Phi) is 6.86. The van der Waals surface area contributed by atoms with Crippen LogP contribution in [0.5, 0.6) is 0 Å². The van der Waals surface area contributed by atoms with Crippen LogP contribution in [0.3, 0.4) is 0 Å². The zero-order valence-corrected chi connectivity index (χ0v) is 10.0. The quantitative estimate of drug-likeness (QED) is 0.393. The first-order chi connectivity index (χ1) is 8.75. The highest BCUT2D eigenvalue weighted by Gasteiger charge is 2.15. The van der Waals surface area contributed by atoms with Crippen LogP contribution in [-0.4, -0.2) is 49.7 Å². The van der Waals surface area contributed by atoms with Crippen molar-refractivity contribution >= 4 is 11.6 Å². The minimum atomic E-state index is -0.580. The molecule has 0 bridgehead atoms. The van der Waals surface area contributed by atoms with E-state index >= 15 is 0 Å². The Balaban J connectivity index is 2.23. The molecule has 18 heavy (non-hydrogen) atoms. The van der Waals surface area contributed by atoms with Crippen molar-refractivity contribution in [2.75, 3.05) is 33.0 Å². The molecule has 0 amide bonds. The van der Waals surface area contributed by atoms with E-state index in [4.69, 9.17) is 14.6 Å². The van der Waals surface area contributed by atoms with Crippen LogP contribution < -0.4 is 0 Å². The van der Waals surface area contributed by atoms with Crippen molar-refractivity contribution in [1.82, 2.24) is 0 Å². The third-order valence-corrected chi connectivity index (χ3v) is 2.13. The van der Waals surface area contributed by atoms with Crippen LogP contribution in [0.1, 0.15) is 10.4 Å². The molecule has 98 valence electrons. The fourth-order valence-corrected chi connectivity index (χ4v) is 1.27. The Labute approximate surface area is 105 Å². The first-order valence-electron chi connectivity index (χ1n) is 5.64. The van der Waals surface area contributed by atoms with Gasteiger partial charge in [-0.15, -0.1) is 0 Å². The van der Waals surface area contributed by atoms with Gasteiger partial charge in [0, 0.05) is 5.56 Å². The normalized spacial score (nSPS) is 10.3. The number of hydrogen-bond acceptors (Lipinski definition) is 5. The van der Waals surface area contributed by atoms with E-state index in [-0.39, 0.29) is 33.0 Å². The number of carbonyl (C=O) groups excluding carboxylic acids is 2. The van der Waals surface area contributed by atoms with Gasteiger partial charge in [-0.25, -0.2) is 0 Å². The van der Waals surface area contributed by atoms with Gasteiger partial charge in [-0.3, -0.25) is 9.59 Å². The summed E-state index contributed by atoms with van der Waals surface area (Å²) in [6.07, 6.45) is 0. The summed E-state index contributed by atoms with van der Waals surface area (Å²) in [5, 5.41) is 8.45. The van der Waals surface area contributed by atoms with Gasteiger partial charge in [0.15, 0.2) is 0 Å². The molecule has 5 nitrogen and oxygen atoms in total. The van der Waals surface area contributed by atoms with Crippen LogP contribution >= 0.6 is 0 Å². The van der Waals surface area contributed by atoms with Crippen LogP contribution in [0.4, 0.5) is 0 Å². The van der Waals surface area contributed by atoms with Gasteiger partial charge in [0.25, 0.3) is 0 Å². The second-order valence-corrected chi connectivity index (χ2v) is 3.51. The van der Waals surface area contributed by atoms with Crippen LogP contribution in [0.15, 0.2) is 30.3 Å². The fraction of sp³-hybridized carbons (Fsp3) is 0.385. The summed E-state index contributed by atoms with van der Waals surface area (Å²) in [5.74, 6) is -1.13. The first kappa shape index (κ1) is 14.5. The summed E-state index contributed by atoms with van der Waals surface area (Å²) < 4.78 is 9.95. The van der Waals surface area contributed by atoms with E-state index < -0.39 is 11.6 Å². The fourth-order valence-electron chi connectivity index (χ4n) is 1.27. The van der Waals surface area contributed by atoms with Gasteiger partial charge < -0.3 is 14.6 Å². The molecule has 0 saturated heterocycles. The topological polar surface area (TPSA) is 72.8 Å². The molecule has 0 aliphatic rings. The van der Waals surface area contributed by atoms with Crippen molar-refractivity contribution in [3.63, 3.8) is 0 Å². The number of hydrogen-bond donors (Lipinski definition) is 1. The highest BCUT2D eigenvalue weighted by atomic mass is 16.5. The largest absolute Gasteiger partial charge is 0.394 e. The summed E-state index contributed by atoms with van der Waals surface area (Å²) in [5.41, 5.74) is 0.364. The lowest BCUT2D eigenvalue weighted by Gasteiger charge is -2.04. The van der Waals surface area contributed by atoms with Crippen molar-refractivity contribution in [3.8, 4) is 0 Å². The molecule has 1 aromatic rings. The zero-order valence-electron chi connectivity index (χ0n) is 10.0. The maximum atomic E-state index is 11.6. The number of aliphatic hydroxyl groups excluding tert-OH is 1. The summed E-state index contributed by atoms with van der Waals surface area (Å²) in [6, 6.07) is 8.35. The molecule has 1 N–H and O–H groups in total. The number of ether oxygens (including phenoxy) is 2. The van der Waals surface area contributed by atoms with E-state index in [1.54, 1.807) is 30.3 Å². The number of ketones is 2. The molecule has 0 aromatic heterocycles. The van der Waals surface area contributed by atoms with Crippen molar-refractivity contribution in [2.24, 2.45) is 0 Å². The molecule has 0 fully saturated rings. The van der Waals surface area contributed by atoms with E-state index in [9.17, 15) is 9.59 Å². The van der Waals surface area contributed by atoms with Crippen LogP contribution in [0.2, 0.25) is 0 Å². The number of carbonyl (C=O) groups is 2. The Bertz CT molecular complexity index is 374. The maximum Gasteiger partial charge on any atom is 0.231 e. The highest BCUT2D eigenvalue weighted by Crippen LogP contribution is 2.00. The average molecular weight is 252 g/mol. The molecule has 1 aromatic carbocycles. The SMILES string of the molecule is O=C(COCCOCCO)C(=O)c1ccccc1. The monoisotopic (exact) mass is 252 g/mol. The molecule has 0 aliphatic carbocycles. The molecule has 0 spiro atoms. The summed E-state index contributed by atoms with van der Waals surface area (Å²) in [4.78, 5) is 23.1. The van der Waals surface area contributed by atoms with E-state index in [1.165, 1.54) is 0 Å². The standard InChI is InChI=1S/C13H16O5/c14-6-7-17-8-9-18-10-12(15)13(16)11-4-2-1-3-5-11/h1-5,14H,6-10H2. The summed E-state index contributed by atoms with van der Waals surface area (Å²) >= 11 is 0. The van der Waals surface area contributed by atoms with Gasteiger partial charge in [0.2, 0.25) is 11.6 Å². The van der Waals surface area contributed by atoms with Crippen molar-refractivity contribution in [2.45, 2.75) is 0 Å². The van der Waals surface area contributed by atoms with Gasteiger partial charge in [-0.2, -0.15) is 0 Å². The molecule has 1 rings (SSSR count). The van der Waals surface area contributed by atoms with Gasteiger partial charge in [-0.1, -0.05) is 30.3 Å². The third-order valence-electron chi connectivity index (χ3n) is 2.13. The minimum Gasteiger partial charge on any atom is -0.394 e. The average Bonchev–Trinajstić information content (AvgIpc) is 2.42. The van der Waals surface area contributed by atoms with Crippen LogP contribution in [-0.2, 0) is 14.3 Å². The van der Waals surface area contributed by atoms with Crippen LogP contribution in [0.25, 0.3) is 0 Å². The van der Waals surface area contributed by atoms with Crippen molar-refractivity contribution < 1.29 is 24.2 Å². The minimum absolute atomic E-state index is 0.0502. The number of benzene rings is 1. The second kappa shape index (κ2) is 8.52. The molecule has 0 saturated carbocycles. The third kappa shape index (κ3) is 5.18. The highest BCUT2D eigenvalue weighted by molar-refractivity contribution is 6.44. The Morgan fingerprint density at radius 3 is 2.33 bits per heavy atom. The lowest BCUT2D eigenvalue weighted by Crippen LogP contribution is -2.21. The summed E-state index contributed by atoms with van der Waals surface area (Å²) in [7, 11) is 0. The molecule has 0 heterocycles. The van der Waals surface area contributed by atoms with Gasteiger partial charge >= 0.3 is 0 Å². The zero-order chi connectivity index (χ0) is 13.2. The maximum absolute atomic E-state index is 11.6. The lowest BCUT2D eigenvalue weighted by atomic mass is 10.1. The van der Waals surface area contributed by atoms with Gasteiger partial charge in [0.05, 0.1) is 26.4 Å². The number of Topliss-reactive ketones (excluding diaryl/α,β-unsaturated/α-hetero) is 2. The molecule has 5 heteroatoms. The molecule has 0 radical (unpaired) electrons.